The van der Waals surface area contributed by atoms with Crippen molar-refractivity contribution in [3.05, 3.63) is 95.0 Å². The van der Waals surface area contributed by atoms with Crippen LogP contribution in [-0.2, 0) is 6.54 Å². The first kappa shape index (κ1) is 17.7. The molecule has 28 heavy (non-hydrogen) atoms. The Balaban J connectivity index is 1.32. The average molecular weight is 372 g/mol. The van der Waals surface area contributed by atoms with Crippen LogP contribution >= 0.6 is 0 Å². The lowest BCUT2D eigenvalue weighted by molar-refractivity contribution is 0.0952. The van der Waals surface area contributed by atoms with Crippen LogP contribution in [0.4, 0.5) is 0 Å². The second-order valence-electron chi connectivity index (χ2n) is 6.49. The first-order chi connectivity index (χ1) is 13.7. The quantitative estimate of drug-likeness (QED) is 0.529. The highest BCUT2D eigenvalue weighted by molar-refractivity contribution is 5.94. The summed E-state index contributed by atoms with van der Waals surface area (Å²) in [6.45, 7) is 0.924. The number of fused-ring (bicyclic) bond motifs is 1. The Kier molecular flexibility index (Phi) is 5.01. The standard InChI is InChI=1S/C22H20N4O2/c27-21(19-12-10-18(11-13-19)17-7-2-1-3-8-17)23-14-6-16-26-22(28)25-15-5-4-9-20(25)24-26/h1-5,7-13,15H,6,14,16H2,(H,23,27). The minimum atomic E-state index is -0.168. The van der Waals surface area contributed by atoms with E-state index in [-0.39, 0.29) is 11.6 Å². The molecule has 140 valence electrons. The topological polar surface area (TPSA) is 68.4 Å². The molecule has 4 rings (SSSR count). The van der Waals surface area contributed by atoms with Crippen LogP contribution in [0, 0.1) is 0 Å². The normalized spacial score (nSPS) is 10.9. The highest BCUT2D eigenvalue weighted by Crippen LogP contribution is 2.19. The summed E-state index contributed by atoms with van der Waals surface area (Å²) in [4.78, 5) is 24.5. The minimum absolute atomic E-state index is 0.123. The van der Waals surface area contributed by atoms with Gasteiger partial charge in [0, 0.05) is 24.8 Å². The van der Waals surface area contributed by atoms with Gasteiger partial charge < -0.3 is 5.32 Å². The molecule has 6 heteroatoms. The van der Waals surface area contributed by atoms with E-state index in [0.717, 1.165) is 11.1 Å². The van der Waals surface area contributed by atoms with Crippen LogP contribution in [-0.4, -0.2) is 26.6 Å². The molecule has 0 fully saturated rings. The lowest BCUT2D eigenvalue weighted by atomic mass is 10.0. The molecule has 0 atom stereocenters. The van der Waals surface area contributed by atoms with Crippen molar-refractivity contribution in [1.82, 2.24) is 19.5 Å². The number of carbonyl (C=O) groups is 1. The maximum atomic E-state index is 12.3. The van der Waals surface area contributed by atoms with Gasteiger partial charge in [0.15, 0.2) is 5.65 Å². The van der Waals surface area contributed by atoms with E-state index in [9.17, 15) is 9.59 Å². The van der Waals surface area contributed by atoms with Gasteiger partial charge in [-0.15, -0.1) is 5.10 Å². The van der Waals surface area contributed by atoms with Crippen LogP contribution in [0.15, 0.2) is 83.8 Å². The summed E-state index contributed by atoms with van der Waals surface area (Å²) in [5.74, 6) is -0.123. The average Bonchev–Trinajstić information content (AvgIpc) is 3.07. The molecule has 6 nitrogen and oxygen atoms in total. The Labute approximate surface area is 162 Å². The van der Waals surface area contributed by atoms with Gasteiger partial charge in [-0.2, -0.15) is 0 Å². The fourth-order valence-electron chi connectivity index (χ4n) is 3.09. The van der Waals surface area contributed by atoms with Crippen molar-refractivity contribution in [3.8, 4) is 11.1 Å². The highest BCUT2D eigenvalue weighted by Gasteiger charge is 2.07. The molecule has 0 aliphatic heterocycles. The number of nitrogens with one attached hydrogen (secondary N) is 1. The van der Waals surface area contributed by atoms with E-state index in [1.165, 1.54) is 9.08 Å². The summed E-state index contributed by atoms with van der Waals surface area (Å²) < 4.78 is 2.93. The molecule has 0 radical (unpaired) electrons. The number of pyridine rings is 1. The number of nitrogens with zero attached hydrogens (tertiary/aromatic N) is 3. The van der Waals surface area contributed by atoms with Crippen molar-refractivity contribution >= 4 is 11.6 Å². The van der Waals surface area contributed by atoms with Crippen LogP contribution in [0.3, 0.4) is 0 Å². The summed E-state index contributed by atoms with van der Waals surface area (Å²) in [6, 6.07) is 23.0. The van der Waals surface area contributed by atoms with Crippen molar-refractivity contribution in [3.63, 3.8) is 0 Å². The zero-order chi connectivity index (χ0) is 19.3. The monoisotopic (exact) mass is 372 g/mol. The predicted octanol–water partition coefficient (Wildman–Crippen LogP) is 2.98. The Morgan fingerprint density at radius 1 is 0.893 bits per heavy atom. The number of carbonyl (C=O) groups excluding carboxylic acids is 1. The molecule has 2 heterocycles. The molecule has 2 aromatic carbocycles. The Hall–Kier alpha value is -3.67. The molecule has 4 aromatic rings. The first-order valence-electron chi connectivity index (χ1n) is 9.20. The molecule has 0 aliphatic rings. The number of aryl methyl sites for hydroxylation is 1. The van der Waals surface area contributed by atoms with Crippen molar-refractivity contribution < 1.29 is 4.79 Å². The number of benzene rings is 2. The van der Waals surface area contributed by atoms with Gasteiger partial charge in [0.25, 0.3) is 5.91 Å². The second kappa shape index (κ2) is 7.92. The third kappa shape index (κ3) is 3.71. The molecule has 1 amide bonds. The largest absolute Gasteiger partial charge is 0.352 e. The molecule has 0 saturated carbocycles. The number of amides is 1. The maximum Gasteiger partial charge on any atom is 0.350 e. The van der Waals surface area contributed by atoms with E-state index in [0.29, 0.717) is 30.7 Å². The van der Waals surface area contributed by atoms with Gasteiger partial charge >= 0.3 is 5.69 Å². The van der Waals surface area contributed by atoms with Crippen LogP contribution in [0.5, 0.6) is 0 Å². The van der Waals surface area contributed by atoms with Gasteiger partial charge in [0.2, 0.25) is 0 Å². The molecule has 0 bridgehead atoms. The van der Waals surface area contributed by atoms with Crippen LogP contribution in [0.1, 0.15) is 16.8 Å². The van der Waals surface area contributed by atoms with Gasteiger partial charge in [-0.1, -0.05) is 48.5 Å². The van der Waals surface area contributed by atoms with Gasteiger partial charge in [-0.25, -0.2) is 9.48 Å². The summed E-state index contributed by atoms with van der Waals surface area (Å²) in [5, 5.41) is 7.17. The zero-order valence-corrected chi connectivity index (χ0v) is 15.3. The molecule has 0 spiro atoms. The molecular formula is C22H20N4O2. The van der Waals surface area contributed by atoms with E-state index in [1.54, 1.807) is 18.3 Å². The van der Waals surface area contributed by atoms with Crippen LogP contribution in [0.2, 0.25) is 0 Å². The molecule has 0 aliphatic carbocycles. The van der Waals surface area contributed by atoms with Crippen molar-refractivity contribution in [1.29, 1.82) is 0 Å². The smallest absolute Gasteiger partial charge is 0.350 e. The lowest BCUT2D eigenvalue weighted by Crippen LogP contribution is -2.27. The van der Waals surface area contributed by atoms with Crippen molar-refractivity contribution in [2.75, 3.05) is 6.54 Å². The Morgan fingerprint density at radius 2 is 1.61 bits per heavy atom. The van der Waals surface area contributed by atoms with Gasteiger partial charge in [0.05, 0.1) is 0 Å². The summed E-state index contributed by atoms with van der Waals surface area (Å²) in [5.41, 5.74) is 3.26. The van der Waals surface area contributed by atoms with E-state index in [1.807, 2.05) is 60.7 Å². The molecular weight excluding hydrogens is 352 g/mol. The number of aromatic nitrogens is 3. The SMILES string of the molecule is O=C(NCCCn1nc2ccccn2c1=O)c1ccc(-c2ccccc2)cc1. The second-order valence-corrected chi connectivity index (χ2v) is 6.49. The summed E-state index contributed by atoms with van der Waals surface area (Å²) in [6.07, 6.45) is 2.32. The zero-order valence-electron chi connectivity index (χ0n) is 15.3. The van der Waals surface area contributed by atoms with Crippen LogP contribution < -0.4 is 11.0 Å². The third-order valence-electron chi connectivity index (χ3n) is 4.57. The van der Waals surface area contributed by atoms with Gasteiger partial charge in [0.1, 0.15) is 0 Å². The molecule has 1 N–H and O–H groups in total. The van der Waals surface area contributed by atoms with E-state index >= 15 is 0 Å². The van der Waals surface area contributed by atoms with Crippen LogP contribution in [0.25, 0.3) is 16.8 Å². The van der Waals surface area contributed by atoms with E-state index in [2.05, 4.69) is 10.4 Å². The Bertz CT molecular complexity index is 1140. The number of rotatable bonds is 6. The summed E-state index contributed by atoms with van der Waals surface area (Å²) >= 11 is 0. The fourth-order valence-corrected chi connectivity index (χ4v) is 3.09. The number of hydrogen-bond acceptors (Lipinski definition) is 3. The predicted molar refractivity (Wildman–Crippen MR) is 108 cm³/mol. The maximum absolute atomic E-state index is 12.3. The van der Waals surface area contributed by atoms with E-state index < -0.39 is 0 Å². The molecule has 0 saturated heterocycles. The highest BCUT2D eigenvalue weighted by atomic mass is 16.2. The van der Waals surface area contributed by atoms with Crippen molar-refractivity contribution in [2.45, 2.75) is 13.0 Å². The minimum Gasteiger partial charge on any atom is -0.352 e. The Morgan fingerprint density at radius 3 is 2.36 bits per heavy atom. The lowest BCUT2D eigenvalue weighted by Gasteiger charge is -2.06. The van der Waals surface area contributed by atoms with Crippen molar-refractivity contribution in [2.24, 2.45) is 0 Å². The third-order valence-corrected chi connectivity index (χ3v) is 4.57. The van der Waals surface area contributed by atoms with Gasteiger partial charge in [-0.3, -0.25) is 9.20 Å². The fraction of sp³-hybridized carbons (Fsp3) is 0.136. The summed E-state index contributed by atoms with van der Waals surface area (Å²) in [7, 11) is 0. The molecule has 0 unspecified atom stereocenters. The molecule has 2 aromatic heterocycles. The number of hydrogen-bond donors (Lipinski definition) is 1. The van der Waals surface area contributed by atoms with Gasteiger partial charge in [-0.05, 0) is 41.8 Å². The van der Waals surface area contributed by atoms with E-state index in [4.69, 9.17) is 0 Å². The first-order valence-corrected chi connectivity index (χ1v) is 9.20.